The first kappa shape index (κ1) is 14.7. The van der Waals surface area contributed by atoms with E-state index < -0.39 is 0 Å². The summed E-state index contributed by atoms with van der Waals surface area (Å²) < 4.78 is 6.19. The minimum atomic E-state index is 0.254. The highest BCUT2D eigenvalue weighted by atomic mass is 35.5. The van der Waals surface area contributed by atoms with E-state index in [4.69, 9.17) is 22.1 Å². The zero-order valence-electron chi connectivity index (χ0n) is 11.9. The molecule has 1 fully saturated rings. The lowest BCUT2D eigenvalue weighted by atomic mass is 9.78. The van der Waals surface area contributed by atoms with Crippen LogP contribution in [0.25, 0.3) is 0 Å². The Labute approximate surface area is 121 Å². The van der Waals surface area contributed by atoms with E-state index in [0.717, 1.165) is 28.7 Å². The number of hydrogen-bond acceptors (Lipinski definition) is 2. The van der Waals surface area contributed by atoms with Crippen molar-refractivity contribution in [3.05, 3.63) is 28.8 Å². The average Bonchev–Trinajstić information content (AvgIpc) is 2.43. The van der Waals surface area contributed by atoms with Crippen LogP contribution in [0.4, 0.5) is 0 Å². The molecule has 0 heterocycles. The maximum absolute atomic E-state index is 6.19. The molecular formula is C16H24ClNO. The van der Waals surface area contributed by atoms with Gasteiger partial charge in [0.05, 0.1) is 0 Å². The lowest BCUT2D eigenvalue weighted by Crippen LogP contribution is -2.38. The van der Waals surface area contributed by atoms with Crippen molar-refractivity contribution in [2.45, 2.75) is 45.6 Å². The summed E-state index contributed by atoms with van der Waals surface area (Å²) in [5.74, 6) is 2.18. The molecule has 0 bridgehead atoms. The predicted octanol–water partition coefficient (Wildman–Crippen LogP) is 4.18. The Morgan fingerprint density at radius 1 is 1.37 bits per heavy atom. The van der Waals surface area contributed by atoms with Crippen molar-refractivity contribution in [1.82, 2.24) is 0 Å². The first-order chi connectivity index (χ1) is 9.13. The van der Waals surface area contributed by atoms with Gasteiger partial charge in [-0.15, -0.1) is 0 Å². The normalized spacial score (nSPS) is 27.3. The Bertz CT molecular complexity index is 421. The van der Waals surface area contributed by atoms with Gasteiger partial charge in [0.1, 0.15) is 11.9 Å². The van der Waals surface area contributed by atoms with Crippen LogP contribution in [0.1, 0.15) is 38.2 Å². The fraction of sp³-hybridized carbons (Fsp3) is 0.625. The molecule has 2 nitrogen and oxygen atoms in total. The van der Waals surface area contributed by atoms with Crippen molar-refractivity contribution in [3.8, 4) is 5.75 Å². The Hall–Kier alpha value is -0.730. The van der Waals surface area contributed by atoms with Gasteiger partial charge in [-0.3, -0.25) is 0 Å². The second-order valence-corrected chi connectivity index (χ2v) is 6.06. The first-order valence-corrected chi connectivity index (χ1v) is 7.64. The van der Waals surface area contributed by atoms with Gasteiger partial charge in [-0.2, -0.15) is 0 Å². The van der Waals surface area contributed by atoms with Crippen LogP contribution < -0.4 is 10.5 Å². The SMILES string of the molecule is CCC1CCC(CN)C(Oc2ccc(Cl)c(C)c2)C1. The summed E-state index contributed by atoms with van der Waals surface area (Å²) in [5.41, 5.74) is 6.95. The molecule has 3 atom stereocenters. The molecule has 106 valence electrons. The van der Waals surface area contributed by atoms with Gasteiger partial charge in [0.2, 0.25) is 0 Å². The number of aryl methyl sites for hydroxylation is 1. The largest absolute Gasteiger partial charge is 0.490 e. The molecule has 19 heavy (non-hydrogen) atoms. The van der Waals surface area contributed by atoms with Gasteiger partial charge in [0.15, 0.2) is 0 Å². The van der Waals surface area contributed by atoms with Crippen molar-refractivity contribution < 1.29 is 4.74 Å². The number of benzene rings is 1. The van der Waals surface area contributed by atoms with E-state index >= 15 is 0 Å². The molecule has 1 saturated carbocycles. The average molecular weight is 282 g/mol. The minimum absolute atomic E-state index is 0.254. The highest BCUT2D eigenvalue weighted by Gasteiger charge is 2.30. The third-order valence-electron chi connectivity index (χ3n) is 4.33. The predicted molar refractivity (Wildman–Crippen MR) is 80.8 cm³/mol. The van der Waals surface area contributed by atoms with Crippen molar-refractivity contribution >= 4 is 11.6 Å². The van der Waals surface area contributed by atoms with Crippen molar-refractivity contribution in [1.29, 1.82) is 0 Å². The first-order valence-electron chi connectivity index (χ1n) is 7.27. The number of rotatable bonds is 4. The zero-order valence-corrected chi connectivity index (χ0v) is 12.6. The van der Waals surface area contributed by atoms with E-state index in [1.165, 1.54) is 19.3 Å². The van der Waals surface area contributed by atoms with Gasteiger partial charge in [0.25, 0.3) is 0 Å². The molecule has 1 aromatic carbocycles. The number of halogens is 1. The van der Waals surface area contributed by atoms with Crippen LogP contribution >= 0.6 is 11.6 Å². The molecule has 0 radical (unpaired) electrons. The molecule has 0 aliphatic heterocycles. The molecule has 0 spiro atoms. The minimum Gasteiger partial charge on any atom is -0.490 e. The molecule has 0 aromatic heterocycles. The monoisotopic (exact) mass is 281 g/mol. The van der Waals surface area contributed by atoms with Crippen molar-refractivity contribution in [2.24, 2.45) is 17.6 Å². The van der Waals surface area contributed by atoms with Gasteiger partial charge in [-0.1, -0.05) is 24.9 Å². The summed E-state index contributed by atoms with van der Waals surface area (Å²) in [4.78, 5) is 0. The van der Waals surface area contributed by atoms with E-state index in [1.807, 2.05) is 25.1 Å². The Morgan fingerprint density at radius 3 is 2.79 bits per heavy atom. The topological polar surface area (TPSA) is 35.2 Å². The Morgan fingerprint density at radius 2 is 2.16 bits per heavy atom. The quantitative estimate of drug-likeness (QED) is 0.898. The second kappa shape index (κ2) is 6.62. The summed E-state index contributed by atoms with van der Waals surface area (Å²) in [6.07, 6.45) is 5.09. The molecule has 2 rings (SSSR count). The molecule has 2 N–H and O–H groups in total. The molecular weight excluding hydrogens is 258 g/mol. The lowest BCUT2D eigenvalue weighted by molar-refractivity contribution is 0.0684. The van der Waals surface area contributed by atoms with E-state index in [2.05, 4.69) is 6.92 Å². The highest BCUT2D eigenvalue weighted by molar-refractivity contribution is 6.31. The van der Waals surface area contributed by atoms with Gasteiger partial charge in [-0.05, 0) is 62.4 Å². The second-order valence-electron chi connectivity index (χ2n) is 5.65. The maximum atomic E-state index is 6.19. The van der Waals surface area contributed by atoms with Crippen LogP contribution in [0.15, 0.2) is 18.2 Å². The van der Waals surface area contributed by atoms with Crippen molar-refractivity contribution in [3.63, 3.8) is 0 Å². The highest BCUT2D eigenvalue weighted by Crippen LogP contribution is 2.34. The summed E-state index contributed by atoms with van der Waals surface area (Å²) >= 11 is 6.05. The molecule has 0 amide bonds. The van der Waals surface area contributed by atoms with E-state index in [9.17, 15) is 0 Å². The van der Waals surface area contributed by atoms with Crippen molar-refractivity contribution in [2.75, 3.05) is 6.54 Å². The smallest absolute Gasteiger partial charge is 0.120 e. The zero-order chi connectivity index (χ0) is 13.8. The molecule has 0 saturated heterocycles. The molecule has 1 aromatic rings. The summed E-state index contributed by atoms with van der Waals surface area (Å²) in [7, 11) is 0. The fourth-order valence-electron chi connectivity index (χ4n) is 2.92. The number of hydrogen-bond donors (Lipinski definition) is 1. The van der Waals surface area contributed by atoms with Crippen LogP contribution in [0.5, 0.6) is 5.75 Å². The van der Waals surface area contributed by atoms with Gasteiger partial charge < -0.3 is 10.5 Å². The third kappa shape index (κ3) is 3.64. The Balaban J connectivity index is 2.07. The molecule has 3 unspecified atom stereocenters. The van der Waals surface area contributed by atoms with Crippen LogP contribution in [-0.4, -0.2) is 12.6 Å². The van der Waals surface area contributed by atoms with E-state index in [0.29, 0.717) is 12.5 Å². The fourth-order valence-corrected chi connectivity index (χ4v) is 3.04. The van der Waals surface area contributed by atoms with Crippen LogP contribution in [0.3, 0.4) is 0 Å². The Kier molecular flexibility index (Phi) is 5.12. The molecule has 1 aliphatic carbocycles. The van der Waals surface area contributed by atoms with Crippen LogP contribution in [0, 0.1) is 18.8 Å². The lowest BCUT2D eigenvalue weighted by Gasteiger charge is -2.35. The van der Waals surface area contributed by atoms with Gasteiger partial charge in [0, 0.05) is 10.9 Å². The third-order valence-corrected chi connectivity index (χ3v) is 4.76. The van der Waals surface area contributed by atoms with Gasteiger partial charge >= 0.3 is 0 Å². The standard InChI is InChI=1S/C16H24ClNO/c1-3-12-4-5-13(10-18)16(9-12)19-14-6-7-15(17)11(2)8-14/h6-8,12-13,16H,3-5,9-10,18H2,1-2H3. The molecule has 3 heteroatoms. The van der Waals surface area contributed by atoms with Crippen LogP contribution in [-0.2, 0) is 0 Å². The summed E-state index contributed by atoms with van der Waals surface area (Å²) in [5, 5.41) is 0.790. The number of nitrogens with two attached hydrogens (primary N) is 1. The van der Waals surface area contributed by atoms with E-state index in [-0.39, 0.29) is 6.10 Å². The van der Waals surface area contributed by atoms with Gasteiger partial charge in [-0.25, -0.2) is 0 Å². The van der Waals surface area contributed by atoms with E-state index in [1.54, 1.807) is 0 Å². The maximum Gasteiger partial charge on any atom is 0.120 e. The molecule has 1 aliphatic rings. The number of ether oxygens (including phenoxy) is 1. The summed E-state index contributed by atoms with van der Waals surface area (Å²) in [6, 6.07) is 5.88. The van der Waals surface area contributed by atoms with Crippen LogP contribution in [0.2, 0.25) is 5.02 Å². The summed E-state index contributed by atoms with van der Waals surface area (Å²) in [6.45, 7) is 4.98.